The fourth-order valence-electron chi connectivity index (χ4n) is 2.69. The number of nitrogens with one attached hydrogen (secondary N) is 2. The van der Waals surface area contributed by atoms with Crippen molar-refractivity contribution in [3.8, 4) is 11.6 Å². The van der Waals surface area contributed by atoms with Crippen LogP contribution in [0.3, 0.4) is 0 Å². The highest BCUT2D eigenvalue weighted by Crippen LogP contribution is 2.24. The van der Waals surface area contributed by atoms with E-state index in [-0.39, 0.29) is 16.5 Å². The number of ether oxygens (including phenoxy) is 1. The summed E-state index contributed by atoms with van der Waals surface area (Å²) in [6, 6.07) is 14.5. The van der Waals surface area contributed by atoms with Gasteiger partial charge in [-0.05, 0) is 48.0 Å². The van der Waals surface area contributed by atoms with Crippen LogP contribution in [0.15, 0.2) is 66.4 Å². The van der Waals surface area contributed by atoms with Crippen LogP contribution in [0.4, 0.5) is 5.69 Å². The molecule has 4 rings (SSSR count). The second-order valence-corrected chi connectivity index (χ2v) is 7.33. The van der Waals surface area contributed by atoms with Crippen LogP contribution in [0.1, 0.15) is 15.9 Å². The number of hydrogen-bond acceptors (Lipinski definition) is 6. The van der Waals surface area contributed by atoms with Gasteiger partial charge in [-0.2, -0.15) is 5.48 Å². The molecule has 1 aliphatic heterocycles. The van der Waals surface area contributed by atoms with Crippen molar-refractivity contribution in [2.45, 2.75) is 0 Å². The Morgan fingerprint density at radius 3 is 2.44 bits per heavy atom. The highest BCUT2D eigenvalue weighted by Gasteiger charge is 2.28. The van der Waals surface area contributed by atoms with E-state index >= 15 is 0 Å². The first-order valence-corrected chi connectivity index (χ1v) is 9.88. The molecule has 0 atom stereocenters. The molecule has 1 fully saturated rings. The Kier molecular flexibility index (Phi) is 6.07. The molecule has 0 bridgehead atoms. The average Bonchev–Trinajstić information content (AvgIpc) is 3.10. The Labute approximate surface area is 191 Å². The fourth-order valence-corrected chi connectivity index (χ4v) is 2.99. The van der Waals surface area contributed by atoms with Crippen molar-refractivity contribution >= 4 is 52.7 Å². The number of hydroxylamine groups is 1. The van der Waals surface area contributed by atoms with E-state index in [1.807, 2.05) is 5.48 Å². The first kappa shape index (κ1) is 21.4. The summed E-state index contributed by atoms with van der Waals surface area (Å²) < 4.78 is 5.67. The van der Waals surface area contributed by atoms with Gasteiger partial charge in [-0.1, -0.05) is 35.3 Å². The number of rotatable bonds is 5. The zero-order chi connectivity index (χ0) is 22.7. The van der Waals surface area contributed by atoms with E-state index in [9.17, 15) is 14.4 Å². The number of amides is 2. The second-order valence-electron chi connectivity index (χ2n) is 6.52. The zero-order valence-corrected chi connectivity index (χ0v) is 17.6. The molecule has 2 aromatic carbocycles. The predicted molar refractivity (Wildman–Crippen MR) is 117 cm³/mol. The topological polar surface area (TPSA) is 107 Å². The third-order valence-electron chi connectivity index (χ3n) is 4.29. The molecule has 160 valence electrons. The van der Waals surface area contributed by atoms with Crippen LogP contribution in [-0.2, 0) is 14.4 Å². The van der Waals surface area contributed by atoms with Crippen molar-refractivity contribution in [1.29, 1.82) is 0 Å². The van der Waals surface area contributed by atoms with Crippen molar-refractivity contribution in [2.75, 3.05) is 5.32 Å². The molecule has 3 aromatic rings. The molecule has 1 aliphatic rings. The van der Waals surface area contributed by atoms with E-state index in [2.05, 4.69) is 15.1 Å². The summed E-state index contributed by atoms with van der Waals surface area (Å²) in [5.74, 6) is -0.881. The maximum absolute atomic E-state index is 12.3. The summed E-state index contributed by atoms with van der Waals surface area (Å²) in [6.45, 7) is 0. The summed E-state index contributed by atoms with van der Waals surface area (Å²) in [5.41, 5.74) is 3.35. The molecule has 2 heterocycles. The number of nitrogens with zero attached hydrogens (tertiary/aromatic N) is 1. The lowest BCUT2D eigenvalue weighted by molar-refractivity contribution is -0.143. The lowest BCUT2D eigenvalue weighted by atomic mass is 10.1. The standard InChI is InChI=1S/C22H13Cl2N3O5/c23-17-7-3-13(10-18(17)24)20(28)26-14-4-8-19(25-11-14)31-15-5-1-12(2-6-15)9-16-21(29)27-32-22(16)30/h1-11H,(H,26,28)(H,27,29)/b16-9+. The second kappa shape index (κ2) is 9.09. The van der Waals surface area contributed by atoms with Gasteiger partial charge in [-0.15, -0.1) is 0 Å². The van der Waals surface area contributed by atoms with Crippen LogP contribution in [-0.4, -0.2) is 22.8 Å². The zero-order valence-electron chi connectivity index (χ0n) is 16.1. The third-order valence-corrected chi connectivity index (χ3v) is 5.03. The van der Waals surface area contributed by atoms with E-state index in [4.69, 9.17) is 27.9 Å². The molecule has 1 aromatic heterocycles. The Morgan fingerprint density at radius 1 is 1.03 bits per heavy atom. The quantitative estimate of drug-likeness (QED) is 0.423. The van der Waals surface area contributed by atoms with Crippen LogP contribution in [0.25, 0.3) is 6.08 Å². The normalized spacial score (nSPS) is 14.1. The fraction of sp³-hybridized carbons (Fsp3) is 0. The minimum Gasteiger partial charge on any atom is -0.439 e. The molecule has 0 unspecified atom stereocenters. The predicted octanol–water partition coefficient (Wildman–Crippen LogP) is 4.40. The van der Waals surface area contributed by atoms with Crippen LogP contribution < -0.4 is 15.5 Å². The Morgan fingerprint density at radius 2 is 1.81 bits per heavy atom. The number of pyridine rings is 1. The molecule has 10 heteroatoms. The van der Waals surface area contributed by atoms with Gasteiger partial charge in [0.25, 0.3) is 11.8 Å². The first-order valence-electron chi connectivity index (χ1n) is 9.12. The largest absolute Gasteiger partial charge is 0.439 e. The van der Waals surface area contributed by atoms with Gasteiger partial charge < -0.3 is 14.9 Å². The molecule has 2 N–H and O–H groups in total. The van der Waals surface area contributed by atoms with E-state index in [0.717, 1.165) is 0 Å². The van der Waals surface area contributed by atoms with Crippen molar-refractivity contribution in [3.63, 3.8) is 0 Å². The summed E-state index contributed by atoms with van der Waals surface area (Å²) in [4.78, 5) is 43.9. The monoisotopic (exact) mass is 469 g/mol. The molecule has 2 amide bonds. The van der Waals surface area contributed by atoms with Crippen LogP contribution in [0, 0.1) is 0 Å². The summed E-state index contributed by atoms with van der Waals surface area (Å²) in [5, 5.41) is 3.36. The van der Waals surface area contributed by atoms with E-state index in [1.165, 1.54) is 18.3 Å². The van der Waals surface area contributed by atoms with Crippen LogP contribution >= 0.6 is 23.2 Å². The van der Waals surface area contributed by atoms with E-state index in [0.29, 0.717) is 33.5 Å². The molecule has 0 radical (unpaired) electrons. The van der Waals surface area contributed by atoms with Crippen LogP contribution in [0.2, 0.25) is 10.0 Å². The molecule has 0 spiro atoms. The smallest absolute Gasteiger partial charge is 0.368 e. The van der Waals surface area contributed by atoms with Gasteiger partial charge in [0, 0.05) is 11.6 Å². The number of halogens is 2. The minimum absolute atomic E-state index is 0.0844. The SMILES string of the molecule is O=C1NOC(=O)/C1=C/c1ccc(Oc2ccc(NC(=O)c3ccc(Cl)c(Cl)c3)cn2)cc1. The average molecular weight is 470 g/mol. The number of anilines is 1. The van der Waals surface area contributed by atoms with Crippen molar-refractivity contribution in [1.82, 2.24) is 10.5 Å². The molecule has 8 nitrogen and oxygen atoms in total. The lowest BCUT2D eigenvalue weighted by Gasteiger charge is -2.08. The van der Waals surface area contributed by atoms with E-state index < -0.39 is 11.9 Å². The number of aromatic nitrogens is 1. The maximum Gasteiger partial charge on any atom is 0.368 e. The van der Waals surface area contributed by atoms with Gasteiger partial charge >= 0.3 is 5.97 Å². The summed E-state index contributed by atoms with van der Waals surface area (Å²) >= 11 is 11.8. The Hall–Kier alpha value is -3.88. The highest BCUT2D eigenvalue weighted by molar-refractivity contribution is 6.42. The highest BCUT2D eigenvalue weighted by atomic mass is 35.5. The van der Waals surface area contributed by atoms with Gasteiger partial charge in [0.1, 0.15) is 11.3 Å². The molecule has 0 aliphatic carbocycles. The van der Waals surface area contributed by atoms with E-state index in [1.54, 1.807) is 48.5 Å². The maximum atomic E-state index is 12.3. The van der Waals surface area contributed by atoms with Crippen molar-refractivity contribution < 1.29 is 24.0 Å². The van der Waals surface area contributed by atoms with Gasteiger partial charge in [0.15, 0.2) is 0 Å². The number of hydrogen-bond donors (Lipinski definition) is 2. The van der Waals surface area contributed by atoms with Gasteiger partial charge in [0.05, 0.1) is 21.9 Å². The third kappa shape index (κ3) is 4.88. The van der Waals surface area contributed by atoms with Gasteiger partial charge in [-0.3, -0.25) is 9.59 Å². The van der Waals surface area contributed by atoms with Crippen LogP contribution in [0.5, 0.6) is 11.6 Å². The van der Waals surface area contributed by atoms with Gasteiger partial charge in [0.2, 0.25) is 5.88 Å². The summed E-state index contributed by atoms with van der Waals surface area (Å²) in [7, 11) is 0. The lowest BCUT2D eigenvalue weighted by Crippen LogP contribution is -2.12. The number of benzene rings is 2. The molecule has 0 saturated carbocycles. The molecule has 1 saturated heterocycles. The molecular weight excluding hydrogens is 457 g/mol. The summed E-state index contributed by atoms with van der Waals surface area (Å²) in [6.07, 6.45) is 2.87. The number of carbonyl (C=O) groups excluding carboxylic acids is 3. The molecular formula is C22H13Cl2N3O5. The van der Waals surface area contributed by atoms with Crippen molar-refractivity contribution in [2.24, 2.45) is 0 Å². The Bertz CT molecular complexity index is 1220. The van der Waals surface area contributed by atoms with Crippen molar-refractivity contribution in [3.05, 3.63) is 87.5 Å². The number of carbonyl (C=O) groups is 3. The van der Waals surface area contributed by atoms with Gasteiger partial charge in [-0.25, -0.2) is 9.78 Å². The molecule has 32 heavy (non-hydrogen) atoms. The Balaban J connectivity index is 1.38. The first-order chi connectivity index (χ1) is 15.4. The minimum atomic E-state index is -0.731.